The van der Waals surface area contributed by atoms with Crippen molar-refractivity contribution in [3.63, 3.8) is 0 Å². The van der Waals surface area contributed by atoms with Gasteiger partial charge in [-0.2, -0.15) is 0 Å². The molecule has 4 rings (SSSR count). The Morgan fingerprint density at radius 1 is 1.15 bits per heavy atom. The molecule has 1 saturated heterocycles. The molecule has 0 unspecified atom stereocenters. The van der Waals surface area contributed by atoms with E-state index in [9.17, 15) is 14.4 Å². The molecule has 34 heavy (non-hydrogen) atoms. The van der Waals surface area contributed by atoms with E-state index in [1.165, 1.54) is 0 Å². The van der Waals surface area contributed by atoms with Gasteiger partial charge in [-0.15, -0.1) is 0 Å². The number of carbonyl (C=O) groups is 3. The quantitative estimate of drug-likeness (QED) is 0.441. The van der Waals surface area contributed by atoms with Crippen LogP contribution in [0.1, 0.15) is 37.5 Å². The van der Waals surface area contributed by atoms with Crippen molar-refractivity contribution in [1.29, 1.82) is 0 Å². The average Bonchev–Trinajstić information content (AvgIpc) is 3.02. The summed E-state index contributed by atoms with van der Waals surface area (Å²) in [6.07, 6.45) is 3.89. The van der Waals surface area contributed by atoms with Crippen molar-refractivity contribution in [1.82, 2.24) is 10.2 Å². The van der Waals surface area contributed by atoms with Crippen LogP contribution in [-0.2, 0) is 9.59 Å². The lowest BCUT2D eigenvalue weighted by molar-refractivity contribution is -0.127. The molecule has 0 atom stereocenters. The molecule has 2 aromatic rings. The number of nitrogens with zero attached hydrogens (tertiary/aromatic N) is 2. The van der Waals surface area contributed by atoms with Crippen LogP contribution < -0.4 is 15.5 Å². The summed E-state index contributed by atoms with van der Waals surface area (Å²) in [6, 6.07) is 10.6. The first kappa shape index (κ1) is 23.8. The van der Waals surface area contributed by atoms with Gasteiger partial charge in [-0.05, 0) is 86.9 Å². The molecule has 0 bridgehead atoms. The van der Waals surface area contributed by atoms with Gasteiger partial charge in [0.15, 0.2) is 0 Å². The normalized spacial score (nSPS) is 18.1. The predicted molar refractivity (Wildman–Crippen MR) is 138 cm³/mol. The van der Waals surface area contributed by atoms with Gasteiger partial charge in [0.1, 0.15) is 12.2 Å². The van der Waals surface area contributed by atoms with E-state index in [1.807, 2.05) is 13.0 Å². The minimum atomic E-state index is -0.615. The molecule has 0 spiro atoms. The van der Waals surface area contributed by atoms with Gasteiger partial charge < -0.3 is 15.5 Å². The van der Waals surface area contributed by atoms with Crippen molar-refractivity contribution in [2.45, 2.75) is 33.2 Å². The molecular formula is C26H27BrN4O3. The molecule has 7 nitrogen and oxygen atoms in total. The zero-order valence-electron chi connectivity index (χ0n) is 19.8. The summed E-state index contributed by atoms with van der Waals surface area (Å²) in [6.45, 7) is 8.01. The van der Waals surface area contributed by atoms with Crippen LogP contribution in [0.3, 0.4) is 0 Å². The van der Waals surface area contributed by atoms with Gasteiger partial charge in [-0.1, -0.05) is 22.0 Å². The van der Waals surface area contributed by atoms with E-state index in [2.05, 4.69) is 71.4 Å². The number of benzene rings is 2. The van der Waals surface area contributed by atoms with E-state index in [4.69, 9.17) is 0 Å². The first-order chi connectivity index (χ1) is 16.0. The summed E-state index contributed by atoms with van der Waals surface area (Å²) in [5, 5.41) is 5.30. The molecule has 8 heteroatoms. The maximum absolute atomic E-state index is 12.9. The molecule has 0 aromatic heterocycles. The third-order valence-electron chi connectivity index (χ3n) is 6.30. The second-order valence-electron chi connectivity index (χ2n) is 9.20. The molecule has 2 aliphatic rings. The largest absolute Gasteiger partial charge is 0.365 e. The second-order valence-corrected chi connectivity index (χ2v) is 10.1. The highest BCUT2D eigenvalue weighted by atomic mass is 79.9. The molecule has 2 aliphatic heterocycles. The minimum Gasteiger partial charge on any atom is -0.365 e. The number of amides is 4. The summed E-state index contributed by atoms with van der Waals surface area (Å²) in [5.41, 5.74) is 5.82. The lowest BCUT2D eigenvalue weighted by Crippen LogP contribution is -2.42. The van der Waals surface area contributed by atoms with E-state index in [1.54, 1.807) is 30.3 Å². The van der Waals surface area contributed by atoms with Crippen LogP contribution in [0.15, 0.2) is 52.6 Å². The summed E-state index contributed by atoms with van der Waals surface area (Å²) >= 11 is 3.34. The standard InChI is InChI=1S/C26H27BrN4O3/c1-15-10-22-20(16(2)13-26(3,4)30(22)5)11-17(15)12-21-24(33)31(25(34)29-21)14-23(32)28-19-8-6-18(27)7-9-19/h6-13H,14H2,1-5H3,(H,28,32)(H,29,34)/b21-12+. The number of carbonyl (C=O) groups excluding carboxylic acids is 3. The van der Waals surface area contributed by atoms with Crippen LogP contribution in [0, 0.1) is 6.92 Å². The molecule has 0 radical (unpaired) electrons. The van der Waals surface area contributed by atoms with Gasteiger partial charge in [0.25, 0.3) is 5.91 Å². The fourth-order valence-corrected chi connectivity index (χ4v) is 4.49. The van der Waals surface area contributed by atoms with Crippen LogP contribution in [0.5, 0.6) is 0 Å². The zero-order valence-corrected chi connectivity index (χ0v) is 21.4. The van der Waals surface area contributed by atoms with Gasteiger partial charge in [-0.25, -0.2) is 9.69 Å². The number of urea groups is 1. The second kappa shape index (κ2) is 8.76. The van der Waals surface area contributed by atoms with Crippen LogP contribution in [0.2, 0.25) is 0 Å². The van der Waals surface area contributed by atoms with Crippen molar-refractivity contribution in [3.05, 3.63) is 69.3 Å². The minimum absolute atomic E-state index is 0.101. The number of likely N-dealkylation sites (N-methyl/N-ethyl adjacent to an activating group) is 1. The maximum Gasteiger partial charge on any atom is 0.329 e. The number of allylic oxidation sites excluding steroid dienone is 1. The summed E-state index contributed by atoms with van der Waals surface area (Å²) in [7, 11) is 2.07. The highest BCUT2D eigenvalue weighted by Crippen LogP contribution is 2.39. The highest BCUT2D eigenvalue weighted by molar-refractivity contribution is 9.10. The molecule has 0 aliphatic carbocycles. The Morgan fingerprint density at radius 3 is 2.50 bits per heavy atom. The Bertz CT molecular complexity index is 1260. The molecule has 0 saturated carbocycles. The molecule has 176 valence electrons. The Hall–Kier alpha value is -3.39. The number of fused-ring (bicyclic) bond motifs is 1. The van der Waals surface area contributed by atoms with E-state index in [-0.39, 0.29) is 17.8 Å². The van der Waals surface area contributed by atoms with Gasteiger partial charge in [0, 0.05) is 28.5 Å². The molecule has 4 amide bonds. The van der Waals surface area contributed by atoms with Crippen molar-refractivity contribution in [2.24, 2.45) is 0 Å². The third-order valence-corrected chi connectivity index (χ3v) is 6.83. The number of halogens is 1. The molecule has 1 fully saturated rings. The first-order valence-electron chi connectivity index (χ1n) is 10.9. The van der Waals surface area contributed by atoms with Crippen molar-refractivity contribution in [2.75, 3.05) is 23.8 Å². The fraction of sp³-hybridized carbons (Fsp3) is 0.269. The maximum atomic E-state index is 12.9. The topological polar surface area (TPSA) is 81.8 Å². The highest BCUT2D eigenvalue weighted by Gasteiger charge is 2.35. The van der Waals surface area contributed by atoms with Crippen LogP contribution in [0.4, 0.5) is 16.2 Å². The lowest BCUT2D eigenvalue weighted by atomic mass is 9.87. The van der Waals surface area contributed by atoms with Crippen LogP contribution in [-0.4, -0.2) is 41.9 Å². The molecule has 2 heterocycles. The van der Waals surface area contributed by atoms with E-state index in [0.717, 1.165) is 37.3 Å². The summed E-state index contributed by atoms with van der Waals surface area (Å²) in [5.74, 6) is -0.984. The molecule has 2 aromatic carbocycles. The smallest absolute Gasteiger partial charge is 0.329 e. The SMILES string of the molecule is CC1=CC(C)(C)N(C)c2cc(C)c(/C=C3/NC(=O)N(CC(=O)Nc4ccc(Br)cc4)C3=O)cc21. The van der Waals surface area contributed by atoms with E-state index >= 15 is 0 Å². The van der Waals surface area contributed by atoms with E-state index in [0.29, 0.717) is 5.69 Å². The summed E-state index contributed by atoms with van der Waals surface area (Å²) in [4.78, 5) is 40.9. The number of aryl methyl sites for hydroxylation is 1. The van der Waals surface area contributed by atoms with Gasteiger partial charge in [0.05, 0.1) is 5.54 Å². The first-order valence-corrected chi connectivity index (χ1v) is 11.7. The molecule has 2 N–H and O–H groups in total. The van der Waals surface area contributed by atoms with Crippen LogP contribution in [0.25, 0.3) is 11.6 Å². The third kappa shape index (κ3) is 4.50. The van der Waals surface area contributed by atoms with Crippen molar-refractivity contribution < 1.29 is 14.4 Å². The Balaban J connectivity index is 1.55. The van der Waals surface area contributed by atoms with Gasteiger partial charge in [0.2, 0.25) is 5.91 Å². The van der Waals surface area contributed by atoms with Crippen LogP contribution >= 0.6 is 15.9 Å². The number of imide groups is 1. The Kier molecular flexibility index (Phi) is 6.12. The Labute approximate surface area is 207 Å². The van der Waals surface area contributed by atoms with Gasteiger partial charge in [-0.3, -0.25) is 9.59 Å². The zero-order chi connectivity index (χ0) is 24.8. The van der Waals surface area contributed by atoms with Crippen molar-refractivity contribution >= 4 is 56.8 Å². The number of hydrogen-bond acceptors (Lipinski definition) is 4. The summed E-state index contributed by atoms with van der Waals surface area (Å²) < 4.78 is 0.882. The predicted octanol–water partition coefficient (Wildman–Crippen LogP) is 4.92. The average molecular weight is 523 g/mol. The number of hydrogen-bond donors (Lipinski definition) is 2. The lowest BCUT2D eigenvalue weighted by Gasteiger charge is -2.41. The molecular weight excluding hydrogens is 496 g/mol. The number of nitrogens with one attached hydrogen (secondary N) is 2. The monoisotopic (exact) mass is 522 g/mol. The Morgan fingerprint density at radius 2 is 1.82 bits per heavy atom. The van der Waals surface area contributed by atoms with E-state index < -0.39 is 17.8 Å². The van der Waals surface area contributed by atoms with Crippen molar-refractivity contribution in [3.8, 4) is 0 Å². The van der Waals surface area contributed by atoms with Gasteiger partial charge >= 0.3 is 6.03 Å². The number of rotatable bonds is 4. The number of anilines is 2. The fourth-order valence-electron chi connectivity index (χ4n) is 4.22.